The lowest BCUT2D eigenvalue weighted by Gasteiger charge is -2.36. The van der Waals surface area contributed by atoms with Crippen LogP contribution < -0.4 is 5.73 Å². The van der Waals surface area contributed by atoms with Crippen molar-refractivity contribution in [2.24, 2.45) is 5.73 Å². The summed E-state index contributed by atoms with van der Waals surface area (Å²) in [4.78, 5) is 14.2. The van der Waals surface area contributed by atoms with E-state index in [9.17, 15) is 4.79 Å². The van der Waals surface area contributed by atoms with Crippen LogP contribution in [0.25, 0.3) is 0 Å². The minimum Gasteiger partial charge on any atom is -0.340 e. The second-order valence-electron chi connectivity index (χ2n) is 5.13. The number of halogens is 2. The lowest BCUT2D eigenvalue weighted by Crippen LogP contribution is -2.48. The molecule has 2 atom stereocenters. The topological polar surface area (TPSA) is 46.3 Å². The second kappa shape index (κ2) is 6.12. The zero-order chi connectivity index (χ0) is 14.0. The summed E-state index contributed by atoms with van der Waals surface area (Å²) in [5.41, 5.74) is 6.69. The summed E-state index contributed by atoms with van der Waals surface area (Å²) in [6.45, 7) is 2.76. The number of amides is 1. The number of carbonyl (C=O) groups is 1. The van der Waals surface area contributed by atoms with Gasteiger partial charge in [-0.05, 0) is 43.5 Å². The third-order valence-corrected chi connectivity index (χ3v) is 4.19. The molecule has 1 heterocycles. The SMILES string of the molecule is CC1CC(N)CCN1C(=O)Cc1cc(Cl)ccc1Cl. The predicted octanol–water partition coefficient (Wildman–Crippen LogP) is 2.87. The Morgan fingerprint density at radius 3 is 2.89 bits per heavy atom. The predicted molar refractivity (Wildman–Crippen MR) is 78.6 cm³/mol. The Kier molecular flexibility index (Phi) is 4.71. The van der Waals surface area contributed by atoms with E-state index in [1.54, 1.807) is 18.2 Å². The molecule has 3 nitrogen and oxygen atoms in total. The average molecular weight is 301 g/mol. The third kappa shape index (κ3) is 3.62. The number of carbonyl (C=O) groups excluding carboxylic acids is 1. The van der Waals surface area contributed by atoms with Crippen LogP contribution in [0.3, 0.4) is 0 Å². The van der Waals surface area contributed by atoms with Crippen LogP contribution in [-0.4, -0.2) is 29.4 Å². The van der Waals surface area contributed by atoms with E-state index >= 15 is 0 Å². The first kappa shape index (κ1) is 14.6. The highest BCUT2D eigenvalue weighted by Gasteiger charge is 2.27. The van der Waals surface area contributed by atoms with Crippen molar-refractivity contribution in [1.29, 1.82) is 0 Å². The minimum absolute atomic E-state index is 0.0866. The number of benzene rings is 1. The van der Waals surface area contributed by atoms with Crippen molar-refractivity contribution >= 4 is 29.1 Å². The minimum atomic E-state index is 0.0866. The van der Waals surface area contributed by atoms with Crippen molar-refractivity contribution in [1.82, 2.24) is 4.90 Å². The van der Waals surface area contributed by atoms with Gasteiger partial charge in [-0.25, -0.2) is 0 Å². The first-order valence-corrected chi connectivity index (χ1v) is 7.22. The Morgan fingerprint density at radius 2 is 2.21 bits per heavy atom. The first-order valence-electron chi connectivity index (χ1n) is 6.46. The van der Waals surface area contributed by atoms with E-state index in [4.69, 9.17) is 28.9 Å². The quantitative estimate of drug-likeness (QED) is 0.913. The van der Waals surface area contributed by atoms with Gasteiger partial charge in [0.2, 0.25) is 5.91 Å². The molecule has 0 aromatic heterocycles. The Morgan fingerprint density at radius 1 is 1.47 bits per heavy atom. The van der Waals surface area contributed by atoms with Crippen molar-refractivity contribution in [3.63, 3.8) is 0 Å². The molecule has 2 rings (SSSR count). The molecule has 1 saturated heterocycles. The van der Waals surface area contributed by atoms with E-state index in [1.807, 2.05) is 11.8 Å². The Labute approximate surface area is 123 Å². The number of piperidine rings is 1. The molecule has 0 spiro atoms. The Balaban J connectivity index is 2.06. The van der Waals surface area contributed by atoms with Gasteiger partial charge in [0.1, 0.15) is 0 Å². The number of hydrogen-bond acceptors (Lipinski definition) is 2. The molecular formula is C14H18Cl2N2O. The smallest absolute Gasteiger partial charge is 0.227 e. The monoisotopic (exact) mass is 300 g/mol. The van der Waals surface area contributed by atoms with E-state index in [-0.39, 0.29) is 18.0 Å². The molecule has 19 heavy (non-hydrogen) atoms. The number of hydrogen-bond donors (Lipinski definition) is 1. The highest BCUT2D eigenvalue weighted by atomic mass is 35.5. The van der Waals surface area contributed by atoms with Gasteiger partial charge in [0.05, 0.1) is 6.42 Å². The molecule has 1 aliphatic rings. The maximum absolute atomic E-state index is 12.3. The van der Waals surface area contributed by atoms with Crippen LogP contribution in [0.4, 0.5) is 0 Å². The molecule has 1 amide bonds. The summed E-state index contributed by atoms with van der Waals surface area (Å²) in [5.74, 6) is 0.0866. The van der Waals surface area contributed by atoms with Crippen LogP contribution >= 0.6 is 23.2 Å². The molecule has 104 valence electrons. The fourth-order valence-electron chi connectivity index (χ4n) is 2.52. The summed E-state index contributed by atoms with van der Waals surface area (Å²) in [5, 5.41) is 1.18. The van der Waals surface area contributed by atoms with E-state index < -0.39 is 0 Å². The molecule has 1 fully saturated rings. The number of nitrogens with zero attached hydrogens (tertiary/aromatic N) is 1. The maximum Gasteiger partial charge on any atom is 0.227 e. The lowest BCUT2D eigenvalue weighted by molar-refractivity contribution is -0.133. The molecule has 5 heteroatoms. The van der Waals surface area contributed by atoms with Gasteiger partial charge in [0, 0.05) is 28.7 Å². The maximum atomic E-state index is 12.3. The summed E-state index contributed by atoms with van der Waals surface area (Å²) in [6.07, 6.45) is 2.01. The van der Waals surface area contributed by atoms with Gasteiger partial charge in [0.25, 0.3) is 0 Å². The molecule has 2 N–H and O–H groups in total. The van der Waals surface area contributed by atoms with Gasteiger partial charge in [-0.3, -0.25) is 4.79 Å². The molecule has 1 aromatic rings. The molecule has 0 bridgehead atoms. The molecule has 1 aromatic carbocycles. The van der Waals surface area contributed by atoms with Crippen LogP contribution in [0.1, 0.15) is 25.3 Å². The van der Waals surface area contributed by atoms with Gasteiger partial charge in [-0.15, -0.1) is 0 Å². The van der Waals surface area contributed by atoms with E-state index in [1.165, 1.54) is 0 Å². The van der Waals surface area contributed by atoms with Crippen molar-refractivity contribution in [3.8, 4) is 0 Å². The number of rotatable bonds is 2. The van der Waals surface area contributed by atoms with Crippen molar-refractivity contribution in [2.75, 3.05) is 6.54 Å². The summed E-state index contributed by atoms with van der Waals surface area (Å²) < 4.78 is 0. The van der Waals surface area contributed by atoms with Crippen LogP contribution in [0.5, 0.6) is 0 Å². The van der Waals surface area contributed by atoms with Gasteiger partial charge in [-0.2, -0.15) is 0 Å². The number of likely N-dealkylation sites (tertiary alicyclic amines) is 1. The fraction of sp³-hybridized carbons (Fsp3) is 0.500. The first-order chi connectivity index (χ1) is 8.97. The molecular weight excluding hydrogens is 283 g/mol. The molecule has 2 unspecified atom stereocenters. The van der Waals surface area contributed by atoms with Crippen LogP contribution in [0.2, 0.25) is 10.0 Å². The van der Waals surface area contributed by atoms with Crippen molar-refractivity contribution < 1.29 is 4.79 Å². The molecule has 0 radical (unpaired) electrons. The second-order valence-corrected chi connectivity index (χ2v) is 5.98. The van der Waals surface area contributed by atoms with Crippen molar-refractivity contribution in [2.45, 2.75) is 38.3 Å². The molecule has 0 saturated carbocycles. The van der Waals surface area contributed by atoms with Gasteiger partial charge in [0.15, 0.2) is 0 Å². The van der Waals surface area contributed by atoms with E-state index in [0.717, 1.165) is 24.9 Å². The van der Waals surface area contributed by atoms with E-state index in [2.05, 4.69) is 0 Å². The summed E-state index contributed by atoms with van der Waals surface area (Å²) >= 11 is 12.0. The zero-order valence-electron chi connectivity index (χ0n) is 10.9. The van der Waals surface area contributed by atoms with Crippen LogP contribution in [-0.2, 0) is 11.2 Å². The molecule has 1 aliphatic heterocycles. The highest BCUT2D eigenvalue weighted by molar-refractivity contribution is 6.33. The zero-order valence-corrected chi connectivity index (χ0v) is 12.4. The Bertz CT molecular complexity index is 479. The summed E-state index contributed by atoms with van der Waals surface area (Å²) in [6, 6.07) is 5.59. The standard InChI is InChI=1S/C14H18Cl2N2O/c1-9-6-12(17)4-5-18(9)14(19)8-10-7-11(15)2-3-13(10)16/h2-3,7,9,12H,4-6,8,17H2,1H3. The summed E-state index contributed by atoms with van der Waals surface area (Å²) in [7, 11) is 0. The lowest BCUT2D eigenvalue weighted by atomic mass is 9.98. The Hall–Kier alpha value is -0.770. The highest BCUT2D eigenvalue weighted by Crippen LogP contribution is 2.23. The van der Waals surface area contributed by atoms with E-state index in [0.29, 0.717) is 16.5 Å². The van der Waals surface area contributed by atoms with Gasteiger partial charge < -0.3 is 10.6 Å². The normalized spacial score (nSPS) is 23.5. The molecule has 0 aliphatic carbocycles. The average Bonchev–Trinajstić information content (AvgIpc) is 2.33. The number of nitrogens with two attached hydrogens (primary N) is 1. The largest absolute Gasteiger partial charge is 0.340 e. The van der Waals surface area contributed by atoms with Crippen LogP contribution in [0.15, 0.2) is 18.2 Å². The third-order valence-electron chi connectivity index (χ3n) is 3.59. The van der Waals surface area contributed by atoms with Gasteiger partial charge in [-0.1, -0.05) is 23.2 Å². The van der Waals surface area contributed by atoms with Crippen molar-refractivity contribution in [3.05, 3.63) is 33.8 Å². The fourth-order valence-corrected chi connectivity index (χ4v) is 2.90. The van der Waals surface area contributed by atoms with Crippen LogP contribution in [0, 0.1) is 0 Å². The van der Waals surface area contributed by atoms with Gasteiger partial charge >= 0.3 is 0 Å².